The fraction of sp³-hybridized carbons (Fsp3) is 0. The van der Waals surface area contributed by atoms with Crippen LogP contribution in [0.4, 0.5) is 17.1 Å². The summed E-state index contributed by atoms with van der Waals surface area (Å²) < 4.78 is 2.37. The second kappa shape index (κ2) is 13.4. The number of anilines is 3. The van der Waals surface area contributed by atoms with Crippen molar-refractivity contribution >= 4 is 49.6 Å². The Kier molecular flexibility index (Phi) is 7.85. The predicted octanol–water partition coefficient (Wildman–Crippen LogP) is 14.4. The molecular formula is C52H36N2. The van der Waals surface area contributed by atoms with Crippen LogP contribution in [0, 0.1) is 0 Å². The third kappa shape index (κ3) is 5.62. The molecule has 0 fully saturated rings. The van der Waals surface area contributed by atoms with Crippen LogP contribution < -0.4 is 4.90 Å². The topological polar surface area (TPSA) is 8.17 Å². The van der Waals surface area contributed by atoms with Gasteiger partial charge < -0.3 is 9.47 Å². The highest BCUT2D eigenvalue weighted by molar-refractivity contribution is 6.09. The van der Waals surface area contributed by atoms with Crippen molar-refractivity contribution in [2.45, 2.75) is 0 Å². The Morgan fingerprint density at radius 2 is 0.815 bits per heavy atom. The Labute approximate surface area is 315 Å². The zero-order chi connectivity index (χ0) is 35.8. The summed E-state index contributed by atoms with van der Waals surface area (Å²) in [6.45, 7) is 0. The van der Waals surface area contributed by atoms with Gasteiger partial charge in [0.1, 0.15) is 0 Å². The summed E-state index contributed by atoms with van der Waals surface area (Å²) in [6, 6.07) is 78.8. The smallest absolute Gasteiger partial charge is 0.0541 e. The molecule has 10 rings (SSSR count). The molecule has 0 saturated heterocycles. The van der Waals surface area contributed by atoms with Gasteiger partial charge in [0.05, 0.1) is 11.0 Å². The van der Waals surface area contributed by atoms with Gasteiger partial charge in [-0.2, -0.15) is 0 Å². The molecule has 0 spiro atoms. The second-order valence-electron chi connectivity index (χ2n) is 13.8. The molecule has 0 unspecified atom stereocenters. The lowest BCUT2D eigenvalue weighted by molar-refractivity contribution is 1.17. The molecule has 0 aliphatic carbocycles. The van der Waals surface area contributed by atoms with E-state index in [0.717, 1.165) is 22.7 Å². The lowest BCUT2D eigenvalue weighted by atomic mass is 9.90. The van der Waals surface area contributed by atoms with Crippen LogP contribution in [-0.2, 0) is 0 Å². The van der Waals surface area contributed by atoms with Crippen LogP contribution in [0.25, 0.3) is 71.6 Å². The monoisotopic (exact) mass is 688 g/mol. The average molecular weight is 689 g/mol. The lowest BCUT2D eigenvalue weighted by Gasteiger charge is -2.26. The first-order valence-corrected chi connectivity index (χ1v) is 18.5. The van der Waals surface area contributed by atoms with Gasteiger partial charge in [-0.3, -0.25) is 0 Å². The van der Waals surface area contributed by atoms with E-state index in [0.29, 0.717) is 0 Å². The Hall–Kier alpha value is -7.16. The van der Waals surface area contributed by atoms with Crippen LogP contribution in [-0.4, -0.2) is 4.57 Å². The molecule has 0 aliphatic rings. The zero-order valence-corrected chi connectivity index (χ0v) is 29.7. The van der Waals surface area contributed by atoms with Gasteiger partial charge in [0, 0.05) is 33.5 Å². The molecule has 0 atom stereocenters. The third-order valence-corrected chi connectivity index (χ3v) is 10.6. The molecule has 0 amide bonds. The highest BCUT2D eigenvalue weighted by atomic mass is 15.1. The van der Waals surface area contributed by atoms with Gasteiger partial charge in [0.25, 0.3) is 0 Å². The maximum Gasteiger partial charge on any atom is 0.0541 e. The Morgan fingerprint density at radius 1 is 0.296 bits per heavy atom. The quantitative estimate of drug-likeness (QED) is 0.162. The highest BCUT2D eigenvalue weighted by Crippen LogP contribution is 2.40. The van der Waals surface area contributed by atoms with Crippen molar-refractivity contribution in [2.24, 2.45) is 0 Å². The van der Waals surface area contributed by atoms with E-state index in [9.17, 15) is 0 Å². The molecule has 0 bridgehead atoms. The van der Waals surface area contributed by atoms with E-state index < -0.39 is 0 Å². The van der Waals surface area contributed by atoms with E-state index >= 15 is 0 Å². The van der Waals surface area contributed by atoms with E-state index in [-0.39, 0.29) is 0 Å². The minimum atomic E-state index is 1.10. The van der Waals surface area contributed by atoms with Crippen molar-refractivity contribution < 1.29 is 0 Å². The number of rotatable bonds is 7. The molecular weight excluding hydrogens is 653 g/mol. The van der Waals surface area contributed by atoms with Crippen molar-refractivity contribution in [2.75, 3.05) is 4.90 Å². The number of para-hydroxylation sites is 3. The summed E-state index contributed by atoms with van der Waals surface area (Å²) in [5.74, 6) is 0. The van der Waals surface area contributed by atoms with Gasteiger partial charge >= 0.3 is 0 Å². The predicted molar refractivity (Wildman–Crippen MR) is 229 cm³/mol. The van der Waals surface area contributed by atoms with Gasteiger partial charge in [0.2, 0.25) is 0 Å². The van der Waals surface area contributed by atoms with E-state index in [2.05, 4.69) is 228 Å². The average Bonchev–Trinajstić information content (AvgIpc) is 3.59. The van der Waals surface area contributed by atoms with Crippen LogP contribution >= 0.6 is 0 Å². The number of hydrogen-bond donors (Lipinski definition) is 0. The molecule has 254 valence electrons. The molecule has 10 aromatic rings. The van der Waals surface area contributed by atoms with Crippen molar-refractivity contribution in [1.29, 1.82) is 0 Å². The van der Waals surface area contributed by atoms with Crippen LogP contribution in [0.1, 0.15) is 0 Å². The third-order valence-electron chi connectivity index (χ3n) is 10.6. The SMILES string of the molecule is c1ccc(-c2cc(-c3ccc(N(c4ccccc4)c4ccc(-n5c6ccccc6c6ccccc65)cc4)cc3)ccc2-c2ccc3ccccc3c2)cc1. The Bertz CT molecular complexity index is 2850. The van der Waals surface area contributed by atoms with Crippen molar-refractivity contribution in [3.05, 3.63) is 218 Å². The lowest BCUT2D eigenvalue weighted by Crippen LogP contribution is -2.10. The zero-order valence-electron chi connectivity index (χ0n) is 29.7. The maximum absolute atomic E-state index is 2.37. The number of fused-ring (bicyclic) bond motifs is 4. The summed E-state index contributed by atoms with van der Waals surface area (Å²) in [5.41, 5.74) is 14.1. The first-order chi connectivity index (χ1) is 26.8. The van der Waals surface area contributed by atoms with E-state index in [1.165, 1.54) is 66.0 Å². The van der Waals surface area contributed by atoms with Crippen molar-refractivity contribution in [3.63, 3.8) is 0 Å². The molecule has 1 aromatic heterocycles. The molecule has 9 aromatic carbocycles. The minimum absolute atomic E-state index is 1.10. The largest absolute Gasteiger partial charge is 0.311 e. The fourth-order valence-electron chi connectivity index (χ4n) is 7.97. The fourth-order valence-corrected chi connectivity index (χ4v) is 7.97. The molecule has 1 heterocycles. The Balaban J connectivity index is 1.02. The van der Waals surface area contributed by atoms with Gasteiger partial charge in [-0.15, -0.1) is 0 Å². The van der Waals surface area contributed by atoms with E-state index in [4.69, 9.17) is 0 Å². The van der Waals surface area contributed by atoms with Crippen molar-refractivity contribution in [3.8, 4) is 39.1 Å². The van der Waals surface area contributed by atoms with Gasteiger partial charge in [-0.25, -0.2) is 0 Å². The first kappa shape index (κ1) is 31.6. The number of hydrogen-bond acceptors (Lipinski definition) is 1. The minimum Gasteiger partial charge on any atom is -0.311 e. The van der Waals surface area contributed by atoms with Gasteiger partial charge in [-0.1, -0.05) is 146 Å². The summed E-state index contributed by atoms with van der Waals surface area (Å²) in [7, 11) is 0. The van der Waals surface area contributed by atoms with Crippen LogP contribution in [0.2, 0.25) is 0 Å². The highest BCUT2D eigenvalue weighted by Gasteiger charge is 2.16. The first-order valence-electron chi connectivity index (χ1n) is 18.5. The number of benzene rings is 9. The molecule has 54 heavy (non-hydrogen) atoms. The van der Waals surface area contributed by atoms with E-state index in [1.807, 2.05) is 0 Å². The van der Waals surface area contributed by atoms with Crippen LogP contribution in [0.15, 0.2) is 218 Å². The summed E-state index contributed by atoms with van der Waals surface area (Å²) >= 11 is 0. The molecule has 0 N–H and O–H groups in total. The van der Waals surface area contributed by atoms with Crippen LogP contribution in [0.3, 0.4) is 0 Å². The molecule has 0 radical (unpaired) electrons. The standard InChI is InChI=1S/C52H36N2/c1-3-14-39(15-4-1)50-36-41(27-34-47(50)42-24-23-37-13-7-8-16-40(37)35-42)38-25-28-44(29-26-38)53(43-17-5-2-6-18-43)45-30-32-46(33-31-45)54-51-21-11-9-19-48(51)49-20-10-12-22-52(49)54/h1-36H. The summed E-state index contributed by atoms with van der Waals surface area (Å²) in [6.07, 6.45) is 0. The molecule has 2 heteroatoms. The van der Waals surface area contributed by atoms with E-state index in [1.54, 1.807) is 0 Å². The maximum atomic E-state index is 2.37. The van der Waals surface area contributed by atoms with Gasteiger partial charge in [-0.05, 0) is 117 Å². The second-order valence-corrected chi connectivity index (χ2v) is 13.8. The van der Waals surface area contributed by atoms with Crippen LogP contribution in [0.5, 0.6) is 0 Å². The number of aromatic nitrogens is 1. The normalized spacial score (nSPS) is 11.3. The summed E-state index contributed by atoms with van der Waals surface area (Å²) in [4.78, 5) is 2.33. The number of nitrogens with zero attached hydrogens (tertiary/aromatic N) is 2. The molecule has 0 aliphatic heterocycles. The van der Waals surface area contributed by atoms with Gasteiger partial charge in [0.15, 0.2) is 0 Å². The molecule has 0 saturated carbocycles. The Morgan fingerprint density at radius 3 is 1.50 bits per heavy atom. The summed E-state index contributed by atoms with van der Waals surface area (Å²) in [5, 5.41) is 5.03. The van der Waals surface area contributed by atoms with Crippen molar-refractivity contribution in [1.82, 2.24) is 4.57 Å². The molecule has 2 nitrogen and oxygen atoms in total.